The van der Waals surface area contributed by atoms with E-state index in [0.29, 0.717) is 6.42 Å². The Morgan fingerprint density at radius 1 is 1.30 bits per heavy atom. The lowest BCUT2D eigenvalue weighted by Crippen LogP contribution is -2.29. The number of benzene rings is 1. The number of hydrogen-bond acceptors (Lipinski definition) is 3. The molecular formula is C16H19NO2S. The standard InChI is InChI=1S/C16H19NO2S/c1-2-12-9-11-20-15(12)16(19)17-14(8-10-18)13-6-4-3-5-7-13/h3-7,9,11,14,18H,2,8,10H2,1H3,(H,17,19). The second-order valence-corrected chi connectivity index (χ2v) is 5.49. The van der Waals surface area contributed by atoms with Crippen LogP contribution in [0.25, 0.3) is 0 Å². The maximum absolute atomic E-state index is 12.4. The monoisotopic (exact) mass is 289 g/mol. The number of aliphatic hydroxyl groups excluding tert-OH is 1. The van der Waals surface area contributed by atoms with Crippen LogP contribution in [0.5, 0.6) is 0 Å². The number of nitrogens with one attached hydrogen (secondary N) is 1. The summed E-state index contributed by atoms with van der Waals surface area (Å²) in [5, 5.41) is 14.2. The van der Waals surface area contributed by atoms with E-state index in [1.807, 2.05) is 48.7 Å². The van der Waals surface area contributed by atoms with Crippen molar-refractivity contribution < 1.29 is 9.90 Å². The van der Waals surface area contributed by atoms with Crippen molar-refractivity contribution in [1.82, 2.24) is 5.32 Å². The molecule has 1 amide bonds. The lowest BCUT2D eigenvalue weighted by atomic mass is 10.0. The summed E-state index contributed by atoms with van der Waals surface area (Å²) in [7, 11) is 0. The average molecular weight is 289 g/mol. The highest BCUT2D eigenvalue weighted by molar-refractivity contribution is 7.12. The predicted molar refractivity (Wildman–Crippen MR) is 82.0 cm³/mol. The van der Waals surface area contributed by atoms with Crippen LogP contribution < -0.4 is 5.32 Å². The molecule has 1 unspecified atom stereocenters. The normalized spacial score (nSPS) is 12.1. The molecule has 0 saturated carbocycles. The Balaban J connectivity index is 2.14. The Labute approximate surface area is 123 Å². The first-order chi connectivity index (χ1) is 9.76. The van der Waals surface area contributed by atoms with Gasteiger partial charge in [-0.05, 0) is 35.4 Å². The van der Waals surface area contributed by atoms with Crippen LogP contribution in [0, 0.1) is 0 Å². The van der Waals surface area contributed by atoms with Crippen molar-refractivity contribution in [3.8, 4) is 0 Å². The van der Waals surface area contributed by atoms with Gasteiger partial charge in [0.2, 0.25) is 0 Å². The summed E-state index contributed by atoms with van der Waals surface area (Å²) in [5.41, 5.74) is 2.09. The Morgan fingerprint density at radius 2 is 2.05 bits per heavy atom. The SMILES string of the molecule is CCc1ccsc1C(=O)NC(CCO)c1ccccc1. The number of thiophene rings is 1. The Kier molecular flexibility index (Phi) is 5.32. The minimum Gasteiger partial charge on any atom is -0.396 e. The molecule has 106 valence electrons. The topological polar surface area (TPSA) is 49.3 Å². The lowest BCUT2D eigenvalue weighted by Gasteiger charge is -2.18. The van der Waals surface area contributed by atoms with Crippen molar-refractivity contribution in [3.63, 3.8) is 0 Å². The zero-order chi connectivity index (χ0) is 14.4. The zero-order valence-electron chi connectivity index (χ0n) is 11.5. The summed E-state index contributed by atoms with van der Waals surface area (Å²) in [4.78, 5) is 13.1. The first-order valence-electron chi connectivity index (χ1n) is 6.79. The largest absolute Gasteiger partial charge is 0.396 e. The summed E-state index contributed by atoms with van der Waals surface area (Å²) in [6, 6.07) is 11.6. The minimum absolute atomic E-state index is 0.0465. The third-order valence-electron chi connectivity index (χ3n) is 3.26. The second-order valence-electron chi connectivity index (χ2n) is 4.58. The van der Waals surface area contributed by atoms with Gasteiger partial charge in [-0.2, -0.15) is 0 Å². The molecule has 2 N–H and O–H groups in total. The maximum Gasteiger partial charge on any atom is 0.262 e. The molecular weight excluding hydrogens is 270 g/mol. The smallest absolute Gasteiger partial charge is 0.262 e. The van der Waals surface area contributed by atoms with Crippen LogP contribution in [0.15, 0.2) is 41.8 Å². The van der Waals surface area contributed by atoms with E-state index >= 15 is 0 Å². The Hall–Kier alpha value is -1.65. The van der Waals surface area contributed by atoms with Crippen LogP contribution in [0.2, 0.25) is 0 Å². The average Bonchev–Trinajstić information content (AvgIpc) is 2.96. The van der Waals surface area contributed by atoms with Gasteiger partial charge in [0.15, 0.2) is 0 Å². The molecule has 1 aromatic carbocycles. The predicted octanol–water partition coefficient (Wildman–Crippen LogP) is 3.16. The van der Waals surface area contributed by atoms with E-state index in [1.54, 1.807) is 0 Å². The molecule has 0 spiro atoms. The highest BCUT2D eigenvalue weighted by atomic mass is 32.1. The van der Waals surface area contributed by atoms with E-state index < -0.39 is 0 Å². The van der Waals surface area contributed by atoms with Gasteiger partial charge in [-0.25, -0.2) is 0 Å². The maximum atomic E-state index is 12.4. The van der Waals surface area contributed by atoms with E-state index in [4.69, 9.17) is 0 Å². The summed E-state index contributed by atoms with van der Waals surface area (Å²) >= 11 is 1.46. The third-order valence-corrected chi connectivity index (χ3v) is 4.21. The van der Waals surface area contributed by atoms with Crippen molar-refractivity contribution >= 4 is 17.2 Å². The molecule has 0 radical (unpaired) electrons. The molecule has 3 nitrogen and oxygen atoms in total. The summed E-state index contributed by atoms with van der Waals surface area (Å²) < 4.78 is 0. The van der Waals surface area contributed by atoms with Crippen LogP contribution in [-0.2, 0) is 6.42 Å². The fraction of sp³-hybridized carbons (Fsp3) is 0.312. The number of aryl methyl sites for hydroxylation is 1. The molecule has 1 atom stereocenters. The number of amides is 1. The van der Waals surface area contributed by atoms with E-state index in [-0.39, 0.29) is 18.6 Å². The molecule has 2 aromatic rings. The number of carbonyl (C=O) groups excluding carboxylic acids is 1. The zero-order valence-corrected chi connectivity index (χ0v) is 12.3. The molecule has 0 saturated heterocycles. The summed E-state index contributed by atoms with van der Waals surface area (Å²) in [6.07, 6.45) is 1.37. The van der Waals surface area contributed by atoms with Gasteiger partial charge in [0, 0.05) is 6.61 Å². The van der Waals surface area contributed by atoms with Gasteiger partial charge in [-0.3, -0.25) is 4.79 Å². The minimum atomic E-state index is -0.152. The first-order valence-corrected chi connectivity index (χ1v) is 7.67. The Bertz CT molecular complexity index is 551. The fourth-order valence-electron chi connectivity index (χ4n) is 2.17. The van der Waals surface area contributed by atoms with Gasteiger partial charge < -0.3 is 10.4 Å². The van der Waals surface area contributed by atoms with Gasteiger partial charge in [0.1, 0.15) is 0 Å². The van der Waals surface area contributed by atoms with Gasteiger partial charge in [-0.1, -0.05) is 37.3 Å². The molecule has 1 heterocycles. The van der Waals surface area contributed by atoms with Crippen molar-refractivity contribution in [2.24, 2.45) is 0 Å². The highest BCUT2D eigenvalue weighted by Gasteiger charge is 2.17. The van der Waals surface area contributed by atoms with Gasteiger partial charge in [0.25, 0.3) is 5.91 Å². The van der Waals surface area contributed by atoms with Crippen LogP contribution in [0.3, 0.4) is 0 Å². The van der Waals surface area contributed by atoms with Crippen molar-refractivity contribution in [3.05, 3.63) is 57.8 Å². The van der Waals surface area contributed by atoms with Crippen LogP contribution in [-0.4, -0.2) is 17.6 Å². The van der Waals surface area contributed by atoms with Crippen molar-refractivity contribution in [2.75, 3.05) is 6.61 Å². The van der Waals surface area contributed by atoms with Crippen LogP contribution in [0.1, 0.15) is 40.2 Å². The molecule has 0 bridgehead atoms. The van der Waals surface area contributed by atoms with E-state index in [2.05, 4.69) is 5.32 Å². The number of hydrogen-bond donors (Lipinski definition) is 2. The first kappa shape index (κ1) is 14.8. The van der Waals surface area contributed by atoms with Crippen LogP contribution in [0.4, 0.5) is 0 Å². The molecule has 0 aliphatic heterocycles. The number of aliphatic hydroxyl groups is 1. The van der Waals surface area contributed by atoms with Crippen molar-refractivity contribution in [2.45, 2.75) is 25.8 Å². The quantitative estimate of drug-likeness (QED) is 0.858. The summed E-state index contributed by atoms with van der Waals surface area (Å²) in [6.45, 7) is 2.09. The highest BCUT2D eigenvalue weighted by Crippen LogP contribution is 2.21. The number of carbonyl (C=O) groups is 1. The van der Waals surface area contributed by atoms with Crippen LogP contribution >= 0.6 is 11.3 Å². The molecule has 0 fully saturated rings. The fourth-order valence-corrected chi connectivity index (χ4v) is 3.07. The van der Waals surface area contributed by atoms with E-state index in [9.17, 15) is 9.90 Å². The Morgan fingerprint density at radius 3 is 2.70 bits per heavy atom. The van der Waals surface area contributed by atoms with E-state index in [0.717, 1.165) is 22.4 Å². The second kappa shape index (κ2) is 7.22. The lowest BCUT2D eigenvalue weighted by molar-refractivity contribution is 0.0933. The van der Waals surface area contributed by atoms with Gasteiger partial charge in [0.05, 0.1) is 10.9 Å². The third kappa shape index (κ3) is 3.46. The molecule has 4 heteroatoms. The molecule has 0 aliphatic carbocycles. The van der Waals surface area contributed by atoms with Gasteiger partial charge >= 0.3 is 0 Å². The molecule has 2 rings (SSSR count). The molecule has 20 heavy (non-hydrogen) atoms. The van der Waals surface area contributed by atoms with Gasteiger partial charge in [-0.15, -0.1) is 11.3 Å². The number of rotatable bonds is 6. The molecule has 0 aliphatic rings. The summed E-state index contributed by atoms with van der Waals surface area (Å²) in [5.74, 6) is -0.0563. The van der Waals surface area contributed by atoms with E-state index in [1.165, 1.54) is 11.3 Å². The molecule has 1 aromatic heterocycles. The van der Waals surface area contributed by atoms with Crippen molar-refractivity contribution in [1.29, 1.82) is 0 Å².